The second kappa shape index (κ2) is 6.34. The van der Waals surface area contributed by atoms with Gasteiger partial charge in [0.25, 0.3) is 5.56 Å². The second-order valence-corrected chi connectivity index (χ2v) is 5.75. The fraction of sp³-hybridized carbons (Fsp3) is 0.231. The summed E-state index contributed by atoms with van der Waals surface area (Å²) in [7, 11) is 0. The minimum atomic E-state index is 0.0102. The Hall–Kier alpha value is -1.14. The SMILES string of the molecule is CCn1cc(NCc2ncc(Br)cc2Br)ccc1=O. The van der Waals surface area contributed by atoms with Crippen LogP contribution in [-0.4, -0.2) is 9.55 Å². The van der Waals surface area contributed by atoms with Crippen LogP contribution in [0.4, 0.5) is 5.69 Å². The van der Waals surface area contributed by atoms with Crippen molar-refractivity contribution in [3.63, 3.8) is 0 Å². The highest BCUT2D eigenvalue weighted by Crippen LogP contribution is 2.20. The highest BCUT2D eigenvalue weighted by atomic mass is 79.9. The average Bonchev–Trinajstić information content (AvgIpc) is 2.39. The Kier molecular flexibility index (Phi) is 4.76. The Balaban J connectivity index is 2.12. The molecule has 0 radical (unpaired) electrons. The van der Waals surface area contributed by atoms with Crippen molar-refractivity contribution in [2.45, 2.75) is 20.0 Å². The molecule has 0 aliphatic carbocycles. The van der Waals surface area contributed by atoms with Crippen molar-refractivity contribution in [2.75, 3.05) is 5.32 Å². The zero-order valence-corrected chi connectivity index (χ0v) is 13.5. The lowest BCUT2D eigenvalue weighted by Gasteiger charge is -2.09. The molecule has 1 N–H and O–H groups in total. The van der Waals surface area contributed by atoms with E-state index >= 15 is 0 Å². The van der Waals surface area contributed by atoms with Crippen molar-refractivity contribution in [1.82, 2.24) is 9.55 Å². The van der Waals surface area contributed by atoms with Crippen LogP contribution in [0.1, 0.15) is 12.6 Å². The van der Waals surface area contributed by atoms with Crippen LogP contribution in [0.5, 0.6) is 0 Å². The average molecular weight is 387 g/mol. The predicted molar refractivity (Wildman–Crippen MR) is 83.3 cm³/mol. The zero-order valence-electron chi connectivity index (χ0n) is 10.4. The first-order chi connectivity index (χ1) is 9.10. The van der Waals surface area contributed by atoms with Crippen molar-refractivity contribution in [3.8, 4) is 0 Å². The molecule has 0 bridgehead atoms. The summed E-state index contributed by atoms with van der Waals surface area (Å²) in [5, 5.41) is 3.26. The molecule has 2 aromatic rings. The summed E-state index contributed by atoms with van der Waals surface area (Å²) in [6.07, 6.45) is 3.57. The summed E-state index contributed by atoms with van der Waals surface area (Å²) in [6, 6.07) is 5.30. The number of nitrogens with one attached hydrogen (secondary N) is 1. The number of aromatic nitrogens is 2. The Morgan fingerprint density at radius 1 is 1.37 bits per heavy atom. The van der Waals surface area contributed by atoms with E-state index in [1.54, 1.807) is 22.9 Å². The first kappa shape index (κ1) is 14.3. The van der Waals surface area contributed by atoms with Crippen molar-refractivity contribution in [1.29, 1.82) is 0 Å². The van der Waals surface area contributed by atoms with E-state index in [0.29, 0.717) is 13.1 Å². The van der Waals surface area contributed by atoms with Crippen LogP contribution in [0.2, 0.25) is 0 Å². The van der Waals surface area contributed by atoms with Crippen LogP contribution in [0.15, 0.2) is 44.3 Å². The number of rotatable bonds is 4. The van der Waals surface area contributed by atoms with Crippen molar-refractivity contribution >= 4 is 37.5 Å². The highest BCUT2D eigenvalue weighted by molar-refractivity contribution is 9.11. The first-order valence-corrected chi connectivity index (χ1v) is 7.43. The van der Waals surface area contributed by atoms with E-state index in [4.69, 9.17) is 0 Å². The number of pyridine rings is 2. The summed E-state index contributed by atoms with van der Waals surface area (Å²) >= 11 is 6.84. The van der Waals surface area contributed by atoms with Crippen LogP contribution in [-0.2, 0) is 13.1 Å². The first-order valence-electron chi connectivity index (χ1n) is 5.84. The van der Waals surface area contributed by atoms with Gasteiger partial charge in [-0.15, -0.1) is 0 Å². The Morgan fingerprint density at radius 3 is 2.84 bits per heavy atom. The third-order valence-electron chi connectivity index (χ3n) is 2.67. The van der Waals surface area contributed by atoms with Crippen molar-refractivity contribution in [3.05, 3.63) is 55.6 Å². The number of anilines is 1. The summed E-state index contributed by atoms with van der Waals surface area (Å²) in [5.41, 5.74) is 1.83. The van der Waals surface area contributed by atoms with Gasteiger partial charge in [0.15, 0.2) is 0 Å². The molecule has 2 rings (SSSR count). The summed E-state index contributed by atoms with van der Waals surface area (Å²) in [6.45, 7) is 3.20. The van der Waals surface area contributed by atoms with Crippen LogP contribution < -0.4 is 10.9 Å². The monoisotopic (exact) mass is 385 g/mol. The van der Waals surface area contributed by atoms with E-state index < -0.39 is 0 Å². The smallest absolute Gasteiger partial charge is 0.250 e. The van der Waals surface area contributed by atoms with Gasteiger partial charge in [-0.25, -0.2) is 0 Å². The van der Waals surface area contributed by atoms with Gasteiger partial charge in [-0.3, -0.25) is 9.78 Å². The lowest BCUT2D eigenvalue weighted by Crippen LogP contribution is -2.18. The standard InChI is InChI=1S/C13H13Br2N3O/c1-2-18-8-10(3-4-13(18)19)16-7-12-11(15)5-9(14)6-17-12/h3-6,8,16H,2,7H2,1H3. The van der Waals surface area contributed by atoms with E-state index in [-0.39, 0.29) is 5.56 Å². The Bertz CT molecular complexity index is 640. The maximum atomic E-state index is 11.5. The topological polar surface area (TPSA) is 46.9 Å². The van der Waals surface area contributed by atoms with Gasteiger partial charge < -0.3 is 9.88 Å². The maximum absolute atomic E-state index is 11.5. The predicted octanol–water partition coefficient (Wildman–Crippen LogP) is 3.40. The third-order valence-corrected chi connectivity index (χ3v) is 3.79. The van der Waals surface area contributed by atoms with E-state index in [2.05, 4.69) is 42.2 Å². The van der Waals surface area contributed by atoms with Crippen LogP contribution >= 0.6 is 31.9 Å². The summed E-state index contributed by atoms with van der Waals surface area (Å²) < 4.78 is 3.53. The second-order valence-electron chi connectivity index (χ2n) is 3.98. The molecule has 0 saturated carbocycles. The third kappa shape index (κ3) is 3.67. The van der Waals surface area contributed by atoms with Gasteiger partial charge in [0, 0.05) is 34.0 Å². The van der Waals surface area contributed by atoms with Gasteiger partial charge in [0.2, 0.25) is 0 Å². The van der Waals surface area contributed by atoms with E-state index in [9.17, 15) is 4.79 Å². The number of nitrogens with zero attached hydrogens (tertiary/aromatic N) is 2. The molecule has 2 heterocycles. The number of hydrogen-bond donors (Lipinski definition) is 1. The van der Waals surface area contributed by atoms with Gasteiger partial charge in [-0.05, 0) is 50.9 Å². The van der Waals surface area contributed by atoms with Crippen LogP contribution in [0.25, 0.3) is 0 Å². The molecule has 0 atom stereocenters. The fourth-order valence-electron chi connectivity index (χ4n) is 1.64. The molecule has 0 amide bonds. The van der Waals surface area contributed by atoms with Crippen molar-refractivity contribution < 1.29 is 0 Å². The van der Waals surface area contributed by atoms with Crippen LogP contribution in [0, 0.1) is 0 Å². The molecule has 0 unspecified atom stereocenters. The molecule has 19 heavy (non-hydrogen) atoms. The van der Waals surface area contributed by atoms with Gasteiger partial charge in [0.05, 0.1) is 17.9 Å². The molecule has 2 aromatic heterocycles. The van der Waals surface area contributed by atoms with E-state index in [0.717, 1.165) is 20.3 Å². The molecule has 0 aliphatic rings. The van der Waals surface area contributed by atoms with Crippen molar-refractivity contribution in [2.24, 2.45) is 0 Å². The van der Waals surface area contributed by atoms with E-state index in [1.165, 1.54) is 0 Å². The maximum Gasteiger partial charge on any atom is 0.250 e. The molecule has 100 valence electrons. The summed E-state index contributed by atoms with van der Waals surface area (Å²) in [4.78, 5) is 15.8. The quantitative estimate of drug-likeness (QED) is 0.875. The van der Waals surface area contributed by atoms with Gasteiger partial charge in [0.1, 0.15) is 0 Å². The van der Waals surface area contributed by atoms with E-state index in [1.807, 2.05) is 19.2 Å². The highest BCUT2D eigenvalue weighted by Gasteiger charge is 2.03. The largest absolute Gasteiger partial charge is 0.378 e. The molecule has 0 spiro atoms. The molecule has 0 aromatic carbocycles. The molecular formula is C13H13Br2N3O. The molecule has 0 saturated heterocycles. The normalized spacial score (nSPS) is 10.5. The lowest BCUT2D eigenvalue weighted by atomic mass is 10.3. The molecule has 6 heteroatoms. The Morgan fingerprint density at radius 2 is 2.16 bits per heavy atom. The number of aryl methyl sites for hydroxylation is 1. The molecular weight excluding hydrogens is 374 g/mol. The lowest BCUT2D eigenvalue weighted by molar-refractivity contribution is 0.727. The molecule has 0 aliphatic heterocycles. The minimum Gasteiger partial charge on any atom is -0.378 e. The van der Waals surface area contributed by atoms with Crippen LogP contribution in [0.3, 0.4) is 0 Å². The summed E-state index contributed by atoms with van der Waals surface area (Å²) in [5.74, 6) is 0. The van der Waals surface area contributed by atoms with Gasteiger partial charge in [-0.1, -0.05) is 0 Å². The fourth-order valence-corrected chi connectivity index (χ4v) is 2.77. The molecule has 4 nitrogen and oxygen atoms in total. The minimum absolute atomic E-state index is 0.0102. The Labute approximate surface area is 128 Å². The number of hydrogen-bond acceptors (Lipinski definition) is 3. The van der Waals surface area contributed by atoms with Gasteiger partial charge >= 0.3 is 0 Å². The van der Waals surface area contributed by atoms with Gasteiger partial charge in [-0.2, -0.15) is 0 Å². The zero-order chi connectivity index (χ0) is 13.8. The number of halogens is 2. The molecule has 0 fully saturated rings.